The lowest BCUT2D eigenvalue weighted by atomic mass is 9.97. The molecule has 0 aromatic heterocycles. The zero-order valence-corrected chi connectivity index (χ0v) is 12.7. The maximum atomic E-state index is 11.8. The van der Waals surface area contributed by atoms with E-state index < -0.39 is 0 Å². The average molecular weight is 313 g/mol. The van der Waals surface area contributed by atoms with Crippen LogP contribution >= 0.6 is 23.2 Å². The number of allylic oxidation sites excluding steroid dienone is 1. The van der Waals surface area contributed by atoms with Crippen molar-refractivity contribution in [3.05, 3.63) is 39.9 Å². The summed E-state index contributed by atoms with van der Waals surface area (Å²) in [5.74, 6) is 0. The molecule has 20 heavy (non-hydrogen) atoms. The molecule has 0 unspecified atom stereocenters. The molecule has 0 atom stereocenters. The number of hydrogen-bond acceptors (Lipinski definition) is 1. The van der Waals surface area contributed by atoms with E-state index in [9.17, 15) is 4.79 Å². The summed E-state index contributed by atoms with van der Waals surface area (Å²) in [6, 6.07) is 4.89. The number of hydrogen-bond donors (Lipinski definition) is 2. The minimum atomic E-state index is -0.259. The molecule has 0 spiro atoms. The van der Waals surface area contributed by atoms with Gasteiger partial charge in [0.05, 0.1) is 15.7 Å². The first kappa shape index (κ1) is 15.2. The summed E-state index contributed by atoms with van der Waals surface area (Å²) < 4.78 is 0. The number of halogens is 2. The van der Waals surface area contributed by atoms with Crippen LogP contribution in [0.4, 0.5) is 10.5 Å². The van der Waals surface area contributed by atoms with Crippen molar-refractivity contribution >= 4 is 34.9 Å². The topological polar surface area (TPSA) is 41.1 Å². The molecule has 2 N–H and O–H groups in total. The fourth-order valence-corrected chi connectivity index (χ4v) is 2.58. The molecule has 1 aromatic rings. The first-order valence-corrected chi connectivity index (χ1v) is 7.59. The number of nitrogens with one attached hydrogen (secondary N) is 2. The average Bonchev–Trinajstić information content (AvgIpc) is 2.45. The van der Waals surface area contributed by atoms with Crippen molar-refractivity contribution in [2.24, 2.45) is 0 Å². The highest BCUT2D eigenvalue weighted by molar-refractivity contribution is 6.43. The third-order valence-corrected chi connectivity index (χ3v) is 4.14. The highest BCUT2D eigenvalue weighted by Crippen LogP contribution is 2.29. The SMILES string of the molecule is O=C(NCCC1=CCCCC1)Nc1cccc(Cl)c1Cl. The second-order valence-electron chi connectivity index (χ2n) is 4.84. The van der Waals surface area contributed by atoms with Crippen LogP contribution in [-0.2, 0) is 0 Å². The Hall–Kier alpha value is -1.19. The summed E-state index contributed by atoms with van der Waals surface area (Å²) in [6.45, 7) is 0.635. The van der Waals surface area contributed by atoms with Crippen LogP contribution in [0.1, 0.15) is 32.1 Å². The Labute approximate surface area is 129 Å². The highest BCUT2D eigenvalue weighted by atomic mass is 35.5. The lowest BCUT2D eigenvalue weighted by Gasteiger charge is -2.13. The fourth-order valence-electron chi connectivity index (χ4n) is 2.24. The smallest absolute Gasteiger partial charge is 0.319 e. The predicted molar refractivity (Wildman–Crippen MR) is 84.7 cm³/mol. The Kier molecular flexibility index (Phi) is 5.74. The van der Waals surface area contributed by atoms with Gasteiger partial charge in [-0.1, -0.05) is 40.9 Å². The molecule has 2 rings (SSSR count). The lowest BCUT2D eigenvalue weighted by Crippen LogP contribution is -2.29. The van der Waals surface area contributed by atoms with Crippen molar-refractivity contribution in [1.82, 2.24) is 5.32 Å². The molecule has 3 nitrogen and oxygen atoms in total. The minimum absolute atomic E-state index is 0.259. The quantitative estimate of drug-likeness (QED) is 0.754. The molecule has 0 fully saturated rings. The van der Waals surface area contributed by atoms with Gasteiger partial charge in [0.2, 0.25) is 0 Å². The van der Waals surface area contributed by atoms with Gasteiger partial charge >= 0.3 is 6.03 Å². The zero-order valence-electron chi connectivity index (χ0n) is 11.2. The van der Waals surface area contributed by atoms with E-state index in [1.165, 1.54) is 24.8 Å². The van der Waals surface area contributed by atoms with Crippen LogP contribution in [-0.4, -0.2) is 12.6 Å². The van der Waals surface area contributed by atoms with Gasteiger partial charge in [-0.3, -0.25) is 0 Å². The van der Waals surface area contributed by atoms with Crippen LogP contribution in [0, 0.1) is 0 Å². The van der Waals surface area contributed by atoms with Crippen LogP contribution in [0.25, 0.3) is 0 Å². The number of urea groups is 1. The Morgan fingerprint density at radius 3 is 2.85 bits per heavy atom. The molecule has 1 aliphatic carbocycles. The monoisotopic (exact) mass is 312 g/mol. The third kappa shape index (κ3) is 4.43. The maximum absolute atomic E-state index is 11.8. The number of anilines is 1. The Morgan fingerprint density at radius 2 is 2.10 bits per heavy atom. The Morgan fingerprint density at radius 1 is 1.25 bits per heavy atom. The Bertz CT molecular complexity index is 515. The van der Waals surface area contributed by atoms with Crippen molar-refractivity contribution in [3.8, 4) is 0 Å². The number of benzene rings is 1. The molecule has 0 radical (unpaired) electrons. The molecule has 0 heterocycles. The van der Waals surface area contributed by atoms with Crippen LogP contribution in [0.5, 0.6) is 0 Å². The second kappa shape index (κ2) is 7.55. The van der Waals surface area contributed by atoms with E-state index in [1.807, 2.05) is 0 Å². The third-order valence-electron chi connectivity index (χ3n) is 3.32. The molecular weight excluding hydrogens is 295 g/mol. The standard InChI is InChI=1S/C15H18Cl2N2O/c16-12-7-4-8-13(14(12)17)19-15(20)18-10-9-11-5-2-1-3-6-11/h4-5,7-8H,1-3,6,9-10H2,(H2,18,19,20). The molecule has 1 aliphatic rings. The summed E-state index contributed by atoms with van der Waals surface area (Å²) in [5.41, 5.74) is 1.96. The van der Waals surface area contributed by atoms with Crippen LogP contribution < -0.4 is 10.6 Å². The number of carbonyl (C=O) groups excluding carboxylic acids is 1. The van der Waals surface area contributed by atoms with Crippen LogP contribution in [0.15, 0.2) is 29.8 Å². The van der Waals surface area contributed by atoms with E-state index in [4.69, 9.17) is 23.2 Å². The van der Waals surface area contributed by atoms with Crippen molar-refractivity contribution in [2.45, 2.75) is 32.1 Å². The van der Waals surface area contributed by atoms with Crippen molar-refractivity contribution in [1.29, 1.82) is 0 Å². The van der Waals surface area contributed by atoms with Crippen molar-refractivity contribution < 1.29 is 4.79 Å². The van der Waals surface area contributed by atoms with E-state index in [0.717, 1.165) is 12.8 Å². The predicted octanol–water partition coefficient (Wildman–Crippen LogP) is 5.01. The fraction of sp³-hybridized carbons (Fsp3) is 0.400. The summed E-state index contributed by atoms with van der Waals surface area (Å²) in [5, 5.41) is 6.32. The van der Waals surface area contributed by atoms with E-state index in [2.05, 4.69) is 16.7 Å². The summed E-state index contributed by atoms with van der Waals surface area (Å²) in [6.07, 6.45) is 8.07. The molecule has 1 aromatic carbocycles. The van der Waals surface area contributed by atoms with Gasteiger partial charge in [0.1, 0.15) is 0 Å². The minimum Gasteiger partial charge on any atom is -0.338 e. The largest absolute Gasteiger partial charge is 0.338 e. The van der Waals surface area contributed by atoms with E-state index >= 15 is 0 Å². The van der Waals surface area contributed by atoms with Gasteiger partial charge in [0, 0.05) is 6.54 Å². The summed E-state index contributed by atoms with van der Waals surface area (Å²) >= 11 is 11.9. The van der Waals surface area contributed by atoms with E-state index in [1.54, 1.807) is 18.2 Å². The van der Waals surface area contributed by atoms with Gasteiger partial charge < -0.3 is 10.6 Å². The molecule has 2 amide bonds. The Balaban J connectivity index is 1.78. The van der Waals surface area contributed by atoms with Gasteiger partial charge in [-0.2, -0.15) is 0 Å². The number of carbonyl (C=O) groups is 1. The van der Waals surface area contributed by atoms with Crippen LogP contribution in [0.3, 0.4) is 0 Å². The molecule has 0 aliphatic heterocycles. The molecule has 0 saturated heterocycles. The molecule has 0 saturated carbocycles. The van der Waals surface area contributed by atoms with Crippen molar-refractivity contribution in [2.75, 3.05) is 11.9 Å². The number of amides is 2. The van der Waals surface area contributed by atoms with Gasteiger partial charge in [-0.15, -0.1) is 0 Å². The first-order valence-electron chi connectivity index (χ1n) is 6.83. The van der Waals surface area contributed by atoms with Gasteiger partial charge in [-0.05, 0) is 44.2 Å². The normalized spacial score (nSPS) is 14.6. The first-order chi connectivity index (χ1) is 9.66. The van der Waals surface area contributed by atoms with E-state index in [-0.39, 0.29) is 6.03 Å². The molecule has 0 bridgehead atoms. The second-order valence-corrected chi connectivity index (χ2v) is 5.63. The number of rotatable bonds is 4. The highest BCUT2D eigenvalue weighted by Gasteiger charge is 2.08. The zero-order chi connectivity index (χ0) is 14.4. The van der Waals surface area contributed by atoms with E-state index in [0.29, 0.717) is 22.3 Å². The van der Waals surface area contributed by atoms with Gasteiger partial charge in [0.15, 0.2) is 0 Å². The lowest BCUT2D eigenvalue weighted by molar-refractivity contribution is 0.252. The molecule has 108 valence electrons. The van der Waals surface area contributed by atoms with Crippen LogP contribution in [0.2, 0.25) is 10.0 Å². The summed E-state index contributed by atoms with van der Waals surface area (Å²) in [4.78, 5) is 11.8. The van der Waals surface area contributed by atoms with Crippen molar-refractivity contribution in [3.63, 3.8) is 0 Å². The van der Waals surface area contributed by atoms with Gasteiger partial charge in [-0.25, -0.2) is 4.79 Å². The molecular formula is C15H18Cl2N2O. The molecule has 5 heteroatoms. The summed E-state index contributed by atoms with van der Waals surface area (Å²) in [7, 11) is 0. The maximum Gasteiger partial charge on any atom is 0.319 e. The van der Waals surface area contributed by atoms with Gasteiger partial charge in [0.25, 0.3) is 0 Å².